The molecular weight excluding hydrogens is 493 g/mol. The van der Waals surface area contributed by atoms with Gasteiger partial charge in [0, 0.05) is 26.7 Å². The number of hydrogen-bond acceptors (Lipinski definition) is 2. The number of hydrogen-bond donors (Lipinski definition) is 0. The van der Waals surface area contributed by atoms with Crippen LogP contribution in [0.2, 0.25) is 0 Å². The summed E-state index contributed by atoms with van der Waals surface area (Å²) in [6.45, 7) is 9.07. The summed E-state index contributed by atoms with van der Waals surface area (Å²) in [5.41, 5.74) is 5.53. The van der Waals surface area contributed by atoms with E-state index in [1.807, 2.05) is 6.07 Å². The van der Waals surface area contributed by atoms with Crippen molar-refractivity contribution in [3.63, 3.8) is 0 Å². The van der Waals surface area contributed by atoms with Gasteiger partial charge in [-0.05, 0) is 35.1 Å². The zero-order valence-electron chi connectivity index (χ0n) is 23.0. The van der Waals surface area contributed by atoms with Gasteiger partial charge in [-0.25, -0.2) is 0 Å². The standard InChI is InChI=1S/C36H34NOP/c1-25(2)29-20-13-21-30(26(3)4)35(29)37-39(27-15-7-5-8-16-27,28-17-9-6-10-18-28)34-24-14-22-32-31-19-11-12-23-33(31)38-36(32)34/h5-26H,1-4H3. The third-order valence-electron chi connectivity index (χ3n) is 7.58. The van der Waals surface area contributed by atoms with E-state index in [-0.39, 0.29) is 0 Å². The summed E-state index contributed by atoms with van der Waals surface area (Å²) in [5, 5.41) is 5.87. The lowest BCUT2D eigenvalue weighted by Crippen LogP contribution is -2.25. The molecule has 0 atom stereocenters. The van der Waals surface area contributed by atoms with Gasteiger partial charge in [-0.3, -0.25) is 4.74 Å². The van der Waals surface area contributed by atoms with Gasteiger partial charge < -0.3 is 4.42 Å². The molecular formula is C36H34NOP. The van der Waals surface area contributed by atoms with E-state index in [0.29, 0.717) is 11.8 Å². The van der Waals surface area contributed by atoms with E-state index in [0.717, 1.165) is 32.9 Å². The highest BCUT2D eigenvalue weighted by Crippen LogP contribution is 2.53. The molecule has 0 aliphatic carbocycles. The molecule has 1 aromatic heterocycles. The number of rotatable bonds is 6. The Morgan fingerprint density at radius 2 is 1.05 bits per heavy atom. The first-order chi connectivity index (χ1) is 19.0. The number of furan rings is 1. The van der Waals surface area contributed by atoms with Crippen LogP contribution in [-0.2, 0) is 0 Å². The van der Waals surface area contributed by atoms with Crippen LogP contribution in [0.1, 0.15) is 50.7 Å². The summed E-state index contributed by atoms with van der Waals surface area (Å²) in [6.07, 6.45) is 0. The van der Waals surface area contributed by atoms with Gasteiger partial charge >= 0.3 is 0 Å². The summed E-state index contributed by atoms with van der Waals surface area (Å²) in [5.74, 6) is 0.691. The van der Waals surface area contributed by atoms with E-state index in [4.69, 9.17) is 9.16 Å². The summed E-state index contributed by atoms with van der Waals surface area (Å²) in [7, 11) is -2.58. The summed E-state index contributed by atoms with van der Waals surface area (Å²) >= 11 is 0. The van der Waals surface area contributed by atoms with Crippen LogP contribution in [0.5, 0.6) is 0 Å². The summed E-state index contributed by atoms with van der Waals surface area (Å²) < 4.78 is 12.7. The maximum Gasteiger partial charge on any atom is 0.145 e. The van der Waals surface area contributed by atoms with Crippen molar-refractivity contribution in [1.82, 2.24) is 0 Å². The number of fused-ring (bicyclic) bond motifs is 3. The Morgan fingerprint density at radius 1 is 0.538 bits per heavy atom. The van der Waals surface area contributed by atoms with Gasteiger partial charge in [0.05, 0.1) is 12.7 Å². The summed E-state index contributed by atoms with van der Waals surface area (Å²) in [4.78, 5) is 0. The molecule has 0 unspecified atom stereocenters. The van der Waals surface area contributed by atoms with Gasteiger partial charge in [0.2, 0.25) is 0 Å². The Morgan fingerprint density at radius 3 is 1.64 bits per heavy atom. The van der Waals surface area contributed by atoms with Crippen LogP contribution >= 0.6 is 7.05 Å². The van der Waals surface area contributed by atoms with E-state index < -0.39 is 7.05 Å². The topological polar surface area (TPSA) is 25.5 Å². The van der Waals surface area contributed by atoms with Crippen LogP contribution in [-0.4, -0.2) is 0 Å². The lowest BCUT2D eigenvalue weighted by Gasteiger charge is -2.29. The molecule has 194 valence electrons. The molecule has 0 amide bonds. The maximum atomic E-state index is 6.69. The molecule has 6 aromatic rings. The van der Waals surface area contributed by atoms with Crippen LogP contribution in [0.15, 0.2) is 130 Å². The number of para-hydroxylation sites is 2. The SMILES string of the molecule is CC(C)c1cccc(C(C)C)c1N=P(c1ccccc1)(c1ccccc1)c1cccc2c1oc1ccccc12. The van der Waals surface area contributed by atoms with E-state index >= 15 is 0 Å². The minimum Gasteiger partial charge on any atom is -0.455 e. The predicted molar refractivity (Wildman–Crippen MR) is 169 cm³/mol. The van der Waals surface area contributed by atoms with Gasteiger partial charge in [0.25, 0.3) is 0 Å². The molecule has 0 N–H and O–H groups in total. The van der Waals surface area contributed by atoms with Gasteiger partial charge in [-0.15, -0.1) is 0 Å². The molecule has 0 fully saturated rings. The minimum atomic E-state index is -2.58. The predicted octanol–water partition coefficient (Wildman–Crippen LogP) is 9.64. The zero-order chi connectivity index (χ0) is 27.0. The average molecular weight is 528 g/mol. The monoisotopic (exact) mass is 527 g/mol. The first kappa shape index (κ1) is 25.4. The molecule has 5 aromatic carbocycles. The molecule has 1 heterocycles. The third-order valence-corrected chi connectivity index (χ3v) is 11.2. The van der Waals surface area contributed by atoms with Crippen molar-refractivity contribution < 1.29 is 4.42 Å². The highest BCUT2D eigenvalue weighted by molar-refractivity contribution is 7.87. The van der Waals surface area contributed by atoms with Crippen LogP contribution in [0, 0.1) is 0 Å². The van der Waals surface area contributed by atoms with E-state index in [2.05, 4.69) is 143 Å². The highest BCUT2D eigenvalue weighted by Gasteiger charge is 2.32. The van der Waals surface area contributed by atoms with Crippen molar-refractivity contribution in [2.45, 2.75) is 39.5 Å². The fourth-order valence-electron chi connectivity index (χ4n) is 5.65. The fraction of sp³-hybridized carbons (Fsp3) is 0.167. The molecule has 0 radical (unpaired) electrons. The molecule has 0 aliphatic rings. The van der Waals surface area contributed by atoms with Gasteiger partial charge in [0.1, 0.15) is 11.2 Å². The quantitative estimate of drug-likeness (QED) is 0.198. The van der Waals surface area contributed by atoms with Crippen molar-refractivity contribution >= 4 is 50.6 Å². The van der Waals surface area contributed by atoms with Crippen molar-refractivity contribution in [3.8, 4) is 0 Å². The van der Waals surface area contributed by atoms with Crippen molar-refractivity contribution in [2.24, 2.45) is 4.74 Å². The van der Waals surface area contributed by atoms with Crippen molar-refractivity contribution in [1.29, 1.82) is 0 Å². The second kappa shape index (κ2) is 10.4. The molecule has 0 saturated carbocycles. The van der Waals surface area contributed by atoms with E-state index in [1.54, 1.807) is 0 Å². The van der Waals surface area contributed by atoms with Crippen molar-refractivity contribution in [3.05, 3.63) is 132 Å². The van der Waals surface area contributed by atoms with E-state index in [9.17, 15) is 0 Å². The molecule has 0 spiro atoms. The highest BCUT2D eigenvalue weighted by atomic mass is 31.2. The largest absolute Gasteiger partial charge is 0.455 e. The minimum absolute atomic E-state index is 0.345. The second-order valence-corrected chi connectivity index (χ2v) is 13.7. The maximum absolute atomic E-state index is 6.69. The summed E-state index contributed by atoms with van der Waals surface area (Å²) in [6, 6.07) is 43.4. The smallest absolute Gasteiger partial charge is 0.145 e. The Labute approximate surface area is 231 Å². The van der Waals surface area contributed by atoms with E-state index in [1.165, 1.54) is 21.7 Å². The molecule has 39 heavy (non-hydrogen) atoms. The number of nitrogens with zero attached hydrogens (tertiary/aromatic N) is 1. The Balaban J connectivity index is 1.86. The first-order valence-corrected chi connectivity index (χ1v) is 15.5. The van der Waals surface area contributed by atoms with Gasteiger partial charge in [0.15, 0.2) is 0 Å². The van der Waals surface area contributed by atoms with Gasteiger partial charge in [-0.1, -0.05) is 137 Å². The molecule has 0 aliphatic heterocycles. The average Bonchev–Trinajstić information content (AvgIpc) is 3.36. The molecule has 0 bridgehead atoms. The first-order valence-electron chi connectivity index (χ1n) is 13.8. The van der Waals surface area contributed by atoms with Crippen LogP contribution in [0.4, 0.5) is 5.69 Å². The lowest BCUT2D eigenvalue weighted by atomic mass is 9.93. The fourth-order valence-corrected chi connectivity index (χ4v) is 9.34. The third kappa shape index (κ3) is 4.34. The van der Waals surface area contributed by atoms with Crippen LogP contribution < -0.4 is 15.9 Å². The molecule has 6 rings (SSSR count). The lowest BCUT2D eigenvalue weighted by molar-refractivity contribution is 0.671. The van der Waals surface area contributed by atoms with Gasteiger partial charge in [-0.2, -0.15) is 0 Å². The zero-order valence-corrected chi connectivity index (χ0v) is 23.9. The van der Waals surface area contributed by atoms with Crippen molar-refractivity contribution in [2.75, 3.05) is 0 Å². The molecule has 3 heteroatoms. The number of benzene rings is 5. The Hall–Kier alpha value is -3.87. The molecule has 2 nitrogen and oxygen atoms in total. The van der Waals surface area contributed by atoms with Crippen LogP contribution in [0.3, 0.4) is 0 Å². The normalized spacial score (nSPS) is 12.1. The Bertz CT molecular complexity index is 1740. The molecule has 0 saturated heterocycles. The Kier molecular flexibility index (Phi) is 6.75. The second-order valence-electron chi connectivity index (χ2n) is 10.8. The van der Waals surface area contributed by atoms with Crippen LogP contribution in [0.25, 0.3) is 21.9 Å².